The van der Waals surface area contributed by atoms with Gasteiger partial charge in [0.15, 0.2) is 0 Å². The molecule has 0 aromatic heterocycles. The molecule has 2 N–H and O–H groups in total. The van der Waals surface area contributed by atoms with Crippen LogP contribution in [0.25, 0.3) is 0 Å². The fraction of sp³-hybridized carbons (Fsp3) is 0.588. The summed E-state index contributed by atoms with van der Waals surface area (Å²) in [6.07, 6.45) is 4.49. The first-order chi connectivity index (χ1) is 11.3. The second kappa shape index (κ2) is 7.98. The summed E-state index contributed by atoms with van der Waals surface area (Å²) in [4.78, 5) is 12.4. The third-order valence-electron chi connectivity index (χ3n) is 4.60. The molecule has 1 aromatic carbocycles. The fourth-order valence-electron chi connectivity index (χ4n) is 3.02. The van der Waals surface area contributed by atoms with Gasteiger partial charge in [-0.15, -0.1) is 0 Å². The summed E-state index contributed by atoms with van der Waals surface area (Å²) in [7, 11) is -0.536. The molecular formula is C17H27N3O3S. The zero-order valence-corrected chi connectivity index (χ0v) is 15.4. The van der Waals surface area contributed by atoms with Crippen LogP contribution in [0, 0.1) is 5.92 Å². The fourth-order valence-corrected chi connectivity index (χ4v) is 4.14. The molecule has 0 aliphatic heterocycles. The van der Waals surface area contributed by atoms with Crippen LogP contribution in [0.5, 0.6) is 0 Å². The molecule has 0 radical (unpaired) electrons. The first-order valence-corrected chi connectivity index (χ1v) is 9.81. The maximum Gasteiger partial charge on any atom is 0.315 e. The lowest BCUT2D eigenvalue weighted by Gasteiger charge is -2.29. The van der Waals surface area contributed by atoms with Crippen molar-refractivity contribution < 1.29 is 13.2 Å². The minimum atomic E-state index is -3.53. The maximum atomic E-state index is 12.4. The number of rotatable bonds is 5. The molecule has 1 aliphatic rings. The van der Waals surface area contributed by atoms with Crippen molar-refractivity contribution in [1.29, 1.82) is 0 Å². The minimum Gasteiger partial charge on any atom is -0.335 e. The third-order valence-corrected chi connectivity index (χ3v) is 6.51. The number of urea groups is 1. The second-order valence-electron chi connectivity index (χ2n) is 6.59. The Hall–Kier alpha value is -1.60. The van der Waals surface area contributed by atoms with Gasteiger partial charge in [0.2, 0.25) is 10.0 Å². The number of hydrogen-bond donors (Lipinski definition) is 2. The Morgan fingerprint density at radius 2 is 1.88 bits per heavy atom. The van der Waals surface area contributed by atoms with Crippen LogP contribution in [-0.4, -0.2) is 38.9 Å². The predicted octanol–water partition coefficient (Wildman–Crippen LogP) is 2.31. The normalized spacial score (nSPS) is 21.5. The monoisotopic (exact) mass is 353 g/mol. The van der Waals surface area contributed by atoms with Crippen molar-refractivity contribution in [3.8, 4) is 0 Å². The van der Waals surface area contributed by atoms with E-state index >= 15 is 0 Å². The van der Waals surface area contributed by atoms with E-state index < -0.39 is 10.0 Å². The van der Waals surface area contributed by atoms with E-state index in [0.717, 1.165) is 19.3 Å². The van der Waals surface area contributed by atoms with Crippen LogP contribution in [-0.2, 0) is 16.6 Å². The Morgan fingerprint density at radius 1 is 1.21 bits per heavy atom. The van der Waals surface area contributed by atoms with Gasteiger partial charge in [-0.2, -0.15) is 0 Å². The molecule has 2 rings (SSSR count). The van der Waals surface area contributed by atoms with Crippen LogP contribution in [0.15, 0.2) is 29.2 Å². The summed E-state index contributed by atoms with van der Waals surface area (Å²) in [6.45, 7) is 2.33. The van der Waals surface area contributed by atoms with Crippen molar-refractivity contribution in [3.63, 3.8) is 0 Å². The largest absolute Gasteiger partial charge is 0.335 e. The van der Waals surface area contributed by atoms with Gasteiger partial charge in [0.25, 0.3) is 0 Å². The van der Waals surface area contributed by atoms with E-state index in [2.05, 4.69) is 17.6 Å². The number of sulfonamides is 1. The van der Waals surface area contributed by atoms with E-state index in [9.17, 15) is 13.2 Å². The zero-order chi connectivity index (χ0) is 17.7. The Balaban J connectivity index is 2.01. The van der Waals surface area contributed by atoms with Crippen LogP contribution in [0.4, 0.5) is 4.79 Å². The van der Waals surface area contributed by atoms with Crippen molar-refractivity contribution >= 4 is 16.1 Å². The van der Waals surface area contributed by atoms with Crippen molar-refractivity contribution in [3.05, 3.63) is 29.8 Å². The first kappa shape index (κ1) is 18.7. The summed E-state index contributed by atoms with van der Waals surface area (Å²) in [6, 6.07) is 6.69. The minimum absolute atomic E-state index is 0.177. The number of carbonyl (C=O) groups excluding carboxylic acids is 1. The lowest BCUT2D eigenvalue weighted by molar-refractivity contribution is 0.221. The van der Waals surface area contributed by atoms with E-state index in [1.807, 2.05) is 0 Å². The van der Waals surface area contributed by atoms with Crippen molar-refractivity contribution in [2.24, 2.45) is 5.92 Å². The molecule has 0 unspecified atom stereocenters. The zero-order valence-electron chi connectivity index (χ0n) is 14.6. The Morgan fingerprint density at radius 3 is 2.54 bits per heavy atom. The van der Waals surface area contributed by atoms with Gasteiger partial charge in [0.1, 0.15) is 0 Å². The quantitative estimate of drug-likeness (QED) is 0.853. The summed E-state index contributed by atoms with van der Waals surface area (Å²) in [5.74, 6) is 0.478. The van der Waals surface area contributed by atoms with E-state index in [4.69, 9.17) is 0 Å². The van der Waals surface area contributed by atoms with Crippen molar-refractivity contribution in [1.82, 2.24) is 14.9 Å². The Labute approximate surface area is 144 Å². The van der Waals surface area contributed by atoms with Gasteiger partial charge in [0.05, 0.1) is 4.90 Å². The highest BCUT2D eigenvalue weighted by Gasteiger charge is 2.23. The topological polar surface area (TPSA) is 78.5 Å². The van der Waals surface area contributed by atoms with Gasteiger partial charge in [-0.25, -0.2) is 17.5 Å². The standard InChI is InChI=1S/C17H27N3O3S/c1-13-8-4-6-10-15(13)19-17(21)18-12-14-9-5-7-11-16(14)24(22,23)20(2)3/h5,7,9,11,13,15H,4,6,8,10,12H2,1-3H3,(H2,18,19,21)/t13-,15+/m1/s1. The highest BCUT2D eigenvalue weighted by Crippen LogP contribution is 2.23. The molecule has 6 nitrogen and oxygen atoms in total. The van der Waals surface area contributed by atoms with Gasteiger partial charge in [-0.1, -0.05) is 38.0 Å². The van der Waals surface area contributed by atoms with Crippen molar-refractivity contribution in [2.45, 2.75) is 50.1 Å². The Bertz CT molecular complexity index is 673. The van der Waals surface area contributed by atoms with Crippen LogP contribution >= 0.6 is 0 Å². The smallest absolute Gasteiger partial charge is 0.315 e. The number of carbonyl (C=O) groups is 1. The molecule has 134 valence electrons. The molecule has 1 aliphatic carbocycles. The maximum absolute atomic E-state index is 12.4. The Kier molecular flexibility index (Phi) is 6.23. The van der Waals surface area contributed by atoms with Gasteiger partial charge < -0.3 is 10.6 Å². The number of amides is 2. The summed E-state index contributed by atoms with van der Waals surface area (Å²) in [5.41, 5.74) is 0.582. The SMILES string of the molecule is C[C@@H]1CCCC[C@@H]1NC(=O)NCc1ccccc1S(=O)(=O)N(C)C. The van der Waals surface area contributed by atoms with E-state index in [0.29, 0.717) is 11.5 Å². The average Bonchev–Trinajstić information content (AvgIpc) is 2.55. The molecule has 1 fully saturated rings. The van der Waals surface area contributed by atoms with Crippen LogP contribution in [0.3, 0.4) is 0 Å². The highest BCUT2D eigenvalue weighted by molar-refractivity contribution is 7.89. The second-order valence-corrected chi connectivity index (χ2v) is 8.71. The van der Waals surface area contributed by atoms with Crippen molar-refractivity contribution in [2.75, 3.05) is 14.1 Å². The van der Waals surface area contributed by atoms with E-state index in [1.165, 1.54) is 24.8 Å². The lowest BCUT2D eigenvalue weighted by atomic mass is 9.86. The van der Waals surface area contributed by atoms with Gasteiger partial charge in [-0.3, -0.25) is 0 Å². The molecule has 1 saturated carbocycles. The summed E-state index contributed by atoms with van der Waals surface area (Å²) >= 11 is 0. The van der Waals surface area contributed by atoms with E-state index in [1.54, 1.807) is 24.3 Å². The molecule has 7 heteroatoms. The number of hydrogen-bond acceptors (Lipinski definition) is 3. The molecule has 0 bridgehead atoms. The molecule has 0 saturated heterocycles. The average molecular weight is 353 g/mol. The van der Waals surface area contributed by atoms with Gasteiger partial charge in [0, 0.05) is 26.7 Å². The molecule has 0 heterocycles. The number of nitrogens with one attached hydrogen (secondary N) is 2. The molecule has 2 amide bonds. The lowest BCUT2D eigenvalue weighted by Crippen LogP contribution is -2.45. The predicted molar refractivity (Wildman–Crippen MR) is 94.1 cm³/mol. The van der Waals surface area contributed by atoms with Crippen LogP contribution in [0.2, 0.25) is 0 Å². The molecule has 2 atom stereocenters. The third kappa shape index (κ3) is 4.48. The van der Waals surface area contributed by atoms with Crippen LogP contribution in [0.1, 0.15) is 38.2 Å². The molecule has 1 aromatic rings. The van der Waals surface area contributed by atoms with Crippen LogP contribution < -0.4 is 10.6 Å². The van der Waals surface area contributed by atoms with E-state index in [-0.39, 0.29) is 23.5 Å². The number of benzene rings is 1. The molecule has 24 heavy (non-hydrogen) atoms. The summed E-state index contributed by atoms with van der Waals surface area (Å²) in [5, 5.41) is 5.80. The number of nitrogens with zero attached hydrogens (tertiary/aromatic N) is 1. The van der Waals surface area contributed by atoms with Gasteiger partial charge in [-0.05, 0) is 30.4 Å². The summed E-state index contributed by atoms with van der Waals surface area (Å²) < 4.78 is 25.9. The molecule has 0 spiro atoms. The van der Waals surface area contributed by atoms with Gasteiger partial charge >= 0.3 is 6.03 Å². The highest BCUT2D eigenvalue weighted by atomic mass is 32.2. The first-order valence-electron chi connectivity index (χ1n) is 8.37. The molecular weight excluding hydrogens is 326 g/mol.